The second-order valence-electron chi connectivity index (χ2n) is 6.94. The smallest absolute Gasteiger partial charge is 0.305 e. The van der Waals surface area contributed by atoms with Crippen molar-refractivity contribution in [2.45, 2.75) is 25.0 Å². The van der Waals surface area contributed by atoms with E-state index < -0.39 is 30.4 Å². The number of nitrogens with zero attached hydrogens (tertiary/aromatic N) is 2. The van der Waals surface area contributed by atoms with Crippen LogP contribution in [0.5, 0.6) is 11.5 Å². The zero-order chi connectivity index (χ0) is 23.3. The molecular weight excluding hydrogens is 489 g/mol. The Hall–Kier alpha value is -3.02. The van der Waals surface area contributed by atoms with Crippen molar-refractivity contribution in [3.63, 3.8) is 0 Å². The molecule has 4 N–H and O–H groups in total. The molecule has 2 aromatic carbocycles. The summed E-state index contributed by atoms with van der Waals surface area (Å²) in [5.41, 5.74) is 0.715. The van der Waals surface area contributed by atoms with Gasteiger partial charge in [0.25, 0.3) is 0 Å². The average Bonchev–Trinajstić information content (AvgIpc) is 2.73. The number of aliphatic hydroxyl groups excluding tert-OH is 2. The van der Waals surface area contributed by atoms with Crippen LogP contribution < -0.4 is 14.8 Å². The number of fused-ring (bicyclic) bond motifs is 1. The number of aromatic nitrogens is 2. The molecule has 0 saturated heterocycles. The molecular formula is C21H21BrFN3O6. The Morgan fingerprint density at radius 2 is 1.97 bits per heavy atom. The first kappa shape index (κ1) is 23.6. The molecule has 0 aliphatic heterocycles. The first-order valence-electron chi connectivity index (χ1n) is 9.52. The Morgan fingerprint density at radius 1 is 1.19 bits per heavy atom. The molecule has 11 heteroatoms. The second-order valence-corrected chi connectivity index (χ2v) is 7.86. The van der Waals surface area contributed by atoms with Crippen LogP contribution in [-0.4, -0.2) is 57.2 Å². The molecule has 170 valence electrons. The molecule has 1 aromatic heterocycles. The number of carboxylic acids is 1. The highest BCUT2D eigenvalue weighted by atomic mass is 79.9. The van der Waals surface area contributed by atoms with Crippen molar-refractivity contribution in [1.29, 1.82) is 0 Å². The molecule has 1 heterocycles. The molecule has 0 saturated carbocycles. The Labute approximate surface area is 191 Å². The Morgan fingerprint density at radius 3 is 2.66 bits per heavy atom. The maximum absolute atomic E-state index is 14.2. The minimum Gasteiger partial charge on any atom is -0.493 e. The maximum atomic E-state index is 14.2. The summed E-state index contributed by atoms with van der Waals surface area (Å²) in [6.45, 7) is -0.196. The van der Waals surface area contributed by atoms with Crippen LogP contribution >= 0.6 is 15.9 Å². The third kappa shape index (κ3) is 6.02. The Bertz CT molecular complexity index is 1120. The number of aliphatic carboxylic acids is 1. The standard InChI is InChI=1S/C21H21BrFN3O6/c1-31-18-7-14-17(8-19(18)32-9-13(28)5-12(27)6-20(29)30)24-10-25-21(14)26-16-3-2-11(22)4-15(16)23/h2-4,7-8,10,12-13,27-28H,5-6,9H2,1H3,(H,29,30)(H,24,25,26)/t12-,13+/m1/s1. The van der Waals surface area contributed by atoms with Crippen LogP contribution in [0.15, 0.2) is 41.1 Å². The predicted molar refractivity (Wildman–Crippen MR) is 118 cm³/mol. The molecule has 2 atom stereocenters. The van der Waals surface area contributed by atoms with Gasteiger partial charge in [-0.1, -0.05) is 15.9 Å². The van der Waals surface area contributed by atoms with Crippen molar-refractivity contribution >= 4 is 44.3 Å². The molecule has 0 unspecified atom stereocenters. The van der Waals surface area contributed by atoms with Gasteiger partial charge >= 0.3 is 5.97 Å². The average molecular weight is 510 g/mol. The van der Waals surface area contributed by atoms with Gasteiger partial charge in [-0.15, -0.1) is 0 Å². The third-order valence-corrected chi connectivity index (χ3v) is 4.98. The largest absolute Gasteiger partial charge is 0.493 e. The van der Waals surface area contributed by atoms with Crippen molar-refractivity contribution in [1.82, 2.24) is 9.97 Å². The number of halogens is 2. The van der Waals surface area contributed by atoms with Crippen LogP contribution in [0.25, 0.3) is 10.9 Å². The Balaban J connectivity index is 1.80. The fourth-order valence-corrected chi connectivity index (χ4v) is 3.34. The van der Waals surface area contributed by atoms with Gasteiger partial charge in [-0.05, 0) is 24.3 Å². The number of aliphatic hydroxyl groups is 2. The van der Waals surface area contributed by atoms with E-state index >= 15 is 0 Å². The van der Waals surface area contributed by atoms with Crippen molar-refractivity contribution < 1.29 is 34.0 Å². The molecule has 0 fully saturated rings. The van der Waals surface area contributed by atoms with Crippen LogP contribution in [0.4, 0.5) is 15.9 Å². The van der Waals surface area contributed by atoms with E-state index in [4.69, 9.17) is 14.6 Å². The normalized spacial score (nSPS) is 12.9. The van der Waals surface area contributed by atoms with Gasteiger partial charge in [0.15, 0.2) is 11.5 Å². The first-order chi connectivity index (χ1) is 15.3. The quantitative estimate of drug-likeness (QED) is 0.324. The summed E-state index contributed by atoms with van der Waals surface area (Å²) in [5, 5.41) is 31.9. The van der Waals surface area contributed by atoms with E-state index in [1.807, 2.05) is 0 Å². The van der Waals surface area contributed by atoms with Gasteiger partial charge in [-0.3, -0.25) is 4.79 Å². The monoisotopic (exact) mass is 509 g/mol. The number of hydrogen-bond acceptors (Lipinski definition) is 8. The van der Waals surface area contributed by atoms with Gasteiger partial charge in [-0.25, -0.2) is 14.4 Å². The summed E-state index contributed by atoms with van der Waals surface area (Å²) in [7, 11) is 1.44. The minimum absolute atomic E-state index is 0.156. The van der Waals surface area contributed by atoms with Crippen molar-refractivity contribution in [3.05, 3.63) is 46.9 Å². The minimum atomic E-state index is -1.19. The van der Waals surface area contributed by atoms with Crippen LogP contribution in [0.1, 0.15) is 12.8 Å². The third-order valence-electron chi connectivity index (χ3n) is 4.49. The highest BCUT2D eigenvalue weighted by Gasteiger charge is 2.18. The topological polar surface area (TPSA) is 134 Å². The molecule has 32 heavy (non-hydrogen) atoms. The number of hydrogen-bond donors (Lipinski definition) is 4. The van der Waals surface area contributed by atoms with Crippen LogP contribution in [0.3, 0.4) is 0 Å². The van der Waals surface area contributed by atoms with E-state index in [9.17, 15) is 19.4 Å². The summed E-state index contributed by atoms with van der Waals surface area (Å²) in [6, 6.07) is 7.80. The number of carboxylic acid groups (broad SMARTS) is 1. The predicted octanol–water partition coefficient (Wildman–Crippen LogP) is 3.25. The number of benzene rings is 2. The van der Waals surface area contributed by atoms with Gasteiger partial charge in [-0.2, -0.15) is 0 Å². The van der Waals surface area contributed by atoms with E-state index in [1.165, 1.54) is 19.5 Å². The van der Waals surface area contributed by atoms with E-state index in [-0.39, 0.29) is 24.5 Å². The summed E-state index contributed by atoms with van der Waals surface area (Å²) in [6.07, 6.45) is -1.59. The summed E-state index contributed by atoms with van der Waals surface area (Å²) in [5.74, 6) is -0.653. The van der Waals surface area contributed by atoms with Gasteiger partial charge < -0.3 is 30.1 Å². The fourth-order valence-electron chi connectivity index (χ4n) is 3.01. The summed E-state index contributed by atoms with van der Waals surface area (Å²) >= 11 is 3.21. The second kappa shape index (κ2) is 10.5. The SMILES string of the molecule is COc1cc2c(Nc3ccc(Br)cc3F)ncnc2cc1OC[C@@H](O)C[C@@H](O)CC(=O)O. The number of ether oxygens (including phenoxy) is 2. The van der Waals surface area contributed by atoms with Crippen LogP contribution in [0, 0.1) is 5.82 Å². The van der Waals surface area contributed by atoms with Gasteiger partial charge in [0, 0.05) is 22.3 Å². The van der Waals surface area contributed by atoms with Gasteiger partial charge in [0.1, 0.15) is 24.6 Å². The lowest BCUT2D eigenvalue weighted by atomic mass is 10.1. The number of anilines is 2. The number of methoxy groups -OCH3 is 1. The highest BCUT2D eigenvalue weighted by Crippen LogP contribution is 2.35. The van der Waals surface area contributed by atoms with Crippen molar-refractivity contribution in [2.24, 2.45) is 0 Å². The number of carbonyl (C=O) groups is 1. The van der Waals surface area contributed by atoms with E-state index in [2.05, 4.69) is 31.2 Å². The fraction of sp³-hybridized carbons (Fsp3) is 0.286. The highest BCUT2D eigenvalue weighted by molar-refractivity contribution is 9.10. The zero-order valence-corrected chi connectivity index (χ0v) is 18.5. The van der Waals surface area contributed by atoms with Gasteiger partial charge in [0.2, 0.25) is 0 Å². The Kier molecular flexibility index (Phi) is 7.78. The van der Waals surface area contributed by atoms with Crippen molar-refractivity contribution in [3.8, 4) is 11.5 Å². The van der Waals surface area contributed by atoms with E-state index in [1.54, 1.807) is 24.3 Å². The molecule has 0 spiro atoms. The molecule has 0 radical (unpaired) electrons. The molecule has 9 nitrogen and oxygen atoms in total. The molecule has 3 aromatic rings. The molecule has 0 aliphatic carbocycles. The van der Waals surface area contributed by atoms with Crippen molar-refractivity contribution in [2.75, 3.05) is 19.0 Å². The molecule has 0 aliphatic rings. The van der Waals surface area contributed by atoms with E-state index in [0.717, 1.165) is 0 Å². The van der Waals surface area contributed by atoms with Gasteiger partial charge in [0.05, 0.1) is 36.9 Å². The zero-order valence-electron chi connectivity index (χ0n) is 17.0. The van der Waals surface area contributed by atoms with E-state index in [0.29, 0.717) is 26.9 Å². The number of nitrogens with one attached hydrogen (secondary N) is 1. The summed E-state index contributed by atoms with van der Waals surface area (Å²) in [4.78, 5) is 19.0. The lowest BCUT2D eigenvalue weighted by Gasteiger charge is -2.17. The van der Waals surface area contributed by atoms with Crippen LogP contribution in [-0.2, 0) is 4.79 Å². The number of rotatable bonds is 10. The molecule has 3 rings (SSSR count). The summed E-state index contributed by atoms with van der Waals surface area (Å²) < 4.78 is 25.8. The first-order valence-corrected chi connectivity index (χ1v) is 10.3. The lowest BCUT2D eigenvalue weighted by molar-refractivity contribution is -0.139. The maximum Gasteiger partial charge on any atom is 0.305 e. The molecule has 0 amide bonds. The van der Waals surface area contributed by atoms with Crippen LogP contribution in [0.2, 0.25) is 0 Å². The lowest BCUT2D eigenvalue weighted by Crippen LogP contribution is -2.25. The molecule has 0 bridgehead atoms.